The Bertz CT molecular complexity index is 1280. The van der Waals surface area contributed by atoms with Gasteiger partial charge in [0.1, 0.15) is 11.4 Å². The van der Waals surface area contributed by atoms with Gasteiger partial charge >= 0.3 is 6.03 Å². The van der Waals surface area contributed by atoms with E-state index in [1.165, 1.54) is 24.3 Å². The van der Waals surface area contributed by atoms with Crippen molar-refractivity contribution in [1.29, 1.82) is 0 Å². The van der Waals surface area contributed by atoms with E-state index >= 15 is 0 Å². The molecule has 0 aromatic heterocycles. The second-order valence-electron chi connectivity index (χ2n) is 8.69. The van der Waals surface area contributed by atoms with Gasteiger partial charge in [-0.15, -0.1) is 0 Å². The monoisotopic (exact) mass is 487 g/mol. The van der Waals surface area contributed by atoms with Crippen LogP contribution in [0.5, 0.6) is 0 Å². The van der Waals surface area contributed by atoms with E-state index in [1.54, 1.807) is 48.5 Å². The van der Waals surface area contributed by atoms with Gasteiger partial charge in [0.05, 0.1) is 13.0 Å². The van der Waals surface area contributed by atoms with E-state index in [0.29, 0.717) is 35.2 Å². The van der Waals surface area contributed by atoms with E-state index in [1.807, 2.05) is 13.0 Å². The van der Waals surface area contributed by atoms with Gasteiger partial charge in [-0.3, -0.25) is 19.3 Å². The van der Waals surface area contributed by atoms with Crippen LogP contribution in [0, 0.1) is 5.82 Å². The zero-order valence-corrected chi connectivity index (χ0v) is 19.8. The van der Waals surface area contributed by atoms with Crippen LogP contribution in [-0.4, -0.2) is 35.1 Å². The molecule has 0 saturated carbocycles. The molecule has 1 heterocycles. The molecule has 1 unspecified atom stereocenters. The number of hydrogen-bond acceptors (Lipinski definition) is 4. The predicted octanol–water partition coefficient (Wildman–Crippen LogP) is 4.44. The number of nitrogens with zero attached hydrogens (tertiary/aromatic N) is 1. The summed E-state index contributed by atoms with van der Waals surface area (Å²) in [6, 6.07) is 20.3. The van der Waals surface area contributed by atoms with Crippen molar-refractivity contribution in [2.45, 2.75) is 31.7 Å². The maximum Gasteiger partial charge on any atom is 0.325 e. The summed E-state index contributed by atoms with van der Waals surface area (Å²) in [6.07, 6.45) is 1.16. The van der Waals surface area contributed by atoms with Gasteiger partial charge in [0.15, 0.2) is 5.78 Å². The number of anilines is 1. The van der Waals surface area contributed by atoms with Gasteiger partial charge in [0.2, 0.25) is 5.91 Å². The minimum absolute atomic E-state index is 0.0774. The van der Waals surface area contributed by atoms with Gasteiger partial charge in [-0.1, -0.05) is 55.8 Å². The molecule has 0 spiro atoms. The van der Waals surface area contributed by atoms with E-state index in [9.17, 15) is 23.6 Å². The average molecular weight is 488 g/mol. The number of hydrogen-bond donors (Lipinski definition) is 2. The molecule has 1 saturated heterocycles. The molecule has 2 N–H and O–H groups in total. The summed E-state index contributed by atoms with van der Waals surface area (Å²) in [5.41, 5.74) is 0.954. The normalized spacial score (nSPS) is 17.1. The van der Waals surface area contributed by atoms with Crippen LogP contribution < -0.4 is 10.6 Å². The summed E-state index contributed by atoms with van der Waals surface area (Å²) in [6.45, 7) is 1.54. The van der Waals surface area contributed by atoms with Gasteiger partial charge in [-0.2, -0.15) is 0 Å². The molecule has 36 heavy (non-hydrogen) atoms. The minimum Gasteiger partial charge on any atom is -0.326 e. The topological polar surface area (TPSA) is 95.6 Å². The number of halogens is 1. The van der Waals surface area contributed by atoms with E-state index in [0.717, 1.165) is 4.90 Å². The maximum absolute atomic E-state index is 13.4. The van der Waals surface area contributed by atoms with Crippen LogP contribution in [0.15, 0.2) is 78.9 Å². The molecule has 0 bridgehead atoms. The lowest BCUT2D eigenvalue weighted by molar-refractivity contribution is -0.131. The van der Waals surface area contributed by atoms with Crippen LogP contribution in [0.2, 0.25) is 0 Å². The van der Waals surface area contributed by atoms with Crippen molar-refractivity contribution in [3.8, 4) is 0 Å². The third kappa shape index (κ3) is 5.17. The van der Waals surface area contributed by atoms with Crippen LogP contribution in [0.4, 0.5) is 14.9 Å². The van der Waals surface area contributed by atoms with Crippen molar-refractivity contribution in [3.63, 3.8) is 0 Å². The Labute approximate surface area is 208 Å². The zero-order valence-electron chi connectivity index (χ0n) is 19.8. The summed E-state index contributed by atoms with van der Waals surface area (Å²) < 4.78 is 13.0. The lowest BCUT2D eigenvalue weighted by Crippen LogP contribution is -2.44. The van der Waals surface area contributed by atoms with Crippen molar-refractivity contribution in [3.05, 3.63) is 101 Å². The van der Waals surface area contributed by atoms with Crippen molar-refractivity contribution >= 4 is 29.3 Å². The van der Waals surface area contributed by atoms with E-state index in [4.69, 9.17) is 0 Å². The minimum atomic E-state index is -1.19. The fourth-order valence-corrected chi connectivity index (χ4v) is 4.34. The lowest BCUT2D eigenvalue weighted by Gasteiger charge is -2.26. The second kappa shape index (κ2) is 10.5. The molecule has 184 valence electrons. The lowest BCUT2D eigenvalue weighted by atomic mass is 9.85. The Morgan fingerprint density at radius 2 is 1.61 bits per heavy atom. The Hall–Kier alpha value is -4.33. The molecule has 4 amide bonds. The van der Waals surface area contributed by atoms with Crippen LogP contribution in [0.3, 0.4) is 0 Å². The van der Waals surface area contributed by atoms with E-state index in [-0.39, 0.29) is 24.7 Å². The molecule has 8 heteroatoms. The highest BCUT2D eigenvalue weighted by atomic mass is 19.1. The number of carbonyl (C=O) groups is 4. The van der Waals surface area contributed by atoms with Crippen LogP contribution >= 0.6 is 0 Å². The number of Topliss-reactive ketones (excluding diaryl/α,β-unsaturated/α-hetero) is 1. The van der Waals surface area contributed by atoms with Crippen LogP contribution in [-0.2, 0) is 21.5 Å². The second-order valence-corrected chi connectivity index (χ2v) is 8.69. The predicted molar refractivity (Wildman–Crippen MR) is 133 cm³/mol. The first-order valence-electron chi connectivity index (χ1n) is 11.7. The first kappa shape index (κ1) is 24.8. The van der Waals surface area contributed by atoms with Gasteiger partial charge in [0, 0.05) is 11.3 Å². The number of ketones is 1. The van der Waals surface area contributed by atoms with Gasteiger partial charge < -0.3 is 10.6 Å². The smallest absolute Gasteiger partial charge is 0.325 e. The summed E-state index contributed by atoms with van der Waals surface area (Å²) >= 11 is 0. The first-order chi connectivity index (χ1) is 17.3. The molecule has 1 fully saturated rings. The zero-order chi connectivity index (χ0) is 25.7. The molecular weight excluding hydrogens is 461 g/mol. The summed E-state index contributed by atoms with van der Waals surface area (Å²) in [5, 5.41) is 5.54. The number of carbonyl (C=O) groups excluding carboxylic acids is 4. The largest absolute Gasteiger partial charge is 0.326 e. The Kier molecular flexibility index (Phi) is 7.24. The third-order valence-corrected chi connectivity index (χ3v) is 6.14. The molecule has 1 aliphatic heterocycles. The average Bonchev–Trinajstić information content (AvgIpc) is 3.11. The summed E-state index contributed by atoms with van der Waals surface area (Å²) in [5.74, 6) is -1.50. The highest BCUT2D eigenvalue weighted by Gasteiger charge is 2.52. The Morgan fingerprint density at radius 1 is 0.944 bits per heavy atom. The maximum atomic E-state index is 13.4. The molecule has 0 aliphatic carbocycles. The molecular formula is C28H26FN3O4. The van der Waals surface area contributed by atoms with Gasteiger partial charge in [-0.25, -0.2) is 9.18 Å². The van der Waals surface area contributed by atoms with Crippen LogP contribution in [0.1, 0.15) is 41.3 Å². The number of nitrogens with one attached hydrogen (secondary N) is 2. The number of amides is 4. The number of imide groups is 1. The molecule has 3 aromatic carbocycles. The molecule has 3 aromatic rings. The molecule has 1 atom stereocenters. The SMILES string of the molecule is CCCC1(c2ccccc2)NC(=O)N(CC(=O)c2ccc(NC(=O)Cc3ccc(F)cc3)cc2)C1=O. The number of urea groups is 1. The highest BCUT2D eigenvalue weighted by molar-refractivity contribution is 6.11. The van der Waals surface area contributed by atoms with E-state index in [2.05, 4.69) is 10.6 Å². The van der Waals surface area contributed by atoms with Crippen LogP contribution in [0.25, 0.3) is 0 Å². The number of rotatable bonds is 9. The Balaban J connectivity index is 1.41. The quantitative estimate of drug-likeness (QED) is 0.345. The first-order valence-corrected chi connectivity index (χ1v) is 11.7. The molecule has 0 radical (unpaired) electrons. The number of benzene rings is 3. The van der Waals surface area contributed by atoms with Gasteiger partial charge in [-0.05, 0) is 53.9 Å². The molecule has 1 aliphatic rings. The summed E-state index contributed by atoms with van der Waals surface area (Å²) in [7, 11) is 0. The third-order valence-electron chi connectivity index (χ3n) is 6.14. The Morgan fingerprint density at radius 3 is 2.25 bits per heavy atom. The van der Waals surface area contributed by atoms with Crippen molar-refractivity contribution in [2.75, 3.05) is 11.9 Å². The van der Waals surface area contributed by atoms with Crippen molar-refractivity contribution < 1.29 is 23.6 Å². The summed E-state index contributed by atoms with van der Waals surface area (Å²) in [4.78, 5) is 52.2. The molecule has 7 nitrogen and oxygen atoms in total. The fraction of sp³-hybridized carbons (Fsp3) is 0.214. The standard InChI is InChI=1S/C28H26FN3O4/c1-2-16-28(21-6-4-3-5-7-21)26(35)32(27(36)31-28)18-24(33)20-10-14-23(15-11-20)30-25(34)17-19-8-12-22(29)13-9-19/h3-15H,2,16-18H2,1H3,(H,30,34)(H,31,36). The van der Waals surface area contributed by atoms with E-state index < -0.39 is 23.3 Å². The van der Waals surface area contributed by atoms with Crippen molar-refractivity contribution in [2.24, 2.45) is 0 Å². The van der Waals surface area contributed by atoms with Gasteiger partial charge in [0.25, 0.3) is 5.91 Å². The highest BCUT2D eigenvalue weighted by Crippen LogP contribution is 2.33. The fourth-order valence-electron chi connectivity index (χ4n) is 4.34. The van der Waals surface area contributed by atoms with Crippen molar-refractivity contribution in [1.82, 2.24) is 10.2 Å². The molecule has 4 rings (SSSR count).